The Labute approximate surface area is 124 Å². The zero-order valence-corrected chi connectivity index (χ0v) is 12.2. The van der Waals surface area contributed by atoms with Crippen molar-refractivity contribution < 1.29 is 9.21 Å². The summed E-state index contributed by atoms with van der Waals surface area (Å²) in [6.45, 7) is 4.83. The Morgan fingerprint density at radius 3 is 2.62 bits per heavy atom. The number of carbonyl (C=O) groups excluding carboxylic acids is 1. The molecule has 0 unspecified atom stereocenters. The van der Waals surface area contributed by atoms with Crippen LogP contribution in [-0.4, -0.2) is 16.6 Å². The minimum absolute atomic E-state index is 0.00864. The van der Waals surface area contributed by atoms with Gasteiger partial charge in [0.1, 0.15) is 11.5 Å². The summed E-state index contributed by atoms with van der Waals surface area (Å²) in [7, 11) is 0. The summed E-state index contributed by atoms with van der Waals surface area (Å²) < 4.78 is 5.30. The molecule has 0 aliphatic carbocycles. The Kier molecular flexibility index (Phi) is 3.60. The van der Waals surface area contributed by atoms with Crippen LogP contribution in [0.4, 0.5) is 0 Å². The number of benzene rings is 1. The van der Waals surface area contributed by atoms with Gasteiger partial charge in [0.05, 0.1) is 19.2 Å². The fourth-order valence-corrected chi connectivity index (χ4v) is 2.35. The van der Waals surface area contributed by atoms with E-state index in [9.17, 15) is 4.79 Å². The molecule has 2 aromatic rings. The first-order chi connectivity index (χ1) is 10.1. The van der Waals surface area contributed by atoms with E-state index in [-0.39, 0.29) is 5.91 Å². The van der Waals surface area contributed by atoms with Gasteiger partial charge in [0.25, 0.3) is 0 Å². The lowest BCUT2D eigenvalue weighted by molar-refractivity contribution is -0.129. The minimum atomic E-state index is 0.00864. The lowest BCUT2D eigenvalue weighted by atomic mass is 10.0. The monoisotopic (exact) mass is 282 g/mol. The Hall–Kier alpha value is -2.36. The van der Waals surface area contributed by atoms with E-state index in [0.717, 1.165) is 5.56 Å². The molecular weight excluding hydrogens is 264 g/mol. The maximum absolute atomic E-state index is 12.0. The summed E-state index contributed by atoms with van der Waals surface area (Å²) in [4.78, 5) is 12.0. The minimum Gasteiger partial charge on any atom is -0.463 e. The molecule has 1 aliphatic rings. The molecule has 0 atom stereocenters. The van der Waals surface area contributed by atoms with Crippen molar-refractivity contribution in [2.45, 2.75) is 32.7 Å². The molecule has 1 amide bonds. The summed E-state index contributed by atoms with van der Waals surface area (Å²) in [5, 5.41) is 5.89. The van der Waals surface area contributed by atoms with Gasteiger partial charge in [0.15, 0.2) is 0 Å². The first-order valence-corrected chi connectivity index (χ1v) is 7.14. The fourth-order valence-electron chi connectivity index (χ4n) is 2.35. The molecular formula is C17H18N2O2. The number of hydrazone groups is 1. The standard InChI is InChI=1S/C17H18N2O2/c1-12(2)14-7-5-13(6-8-14)11-19-17(20)10-15(18-19)16-4-3-9-21-16/h3-9,12H,10-11H2,1-2H3. The van der Waals surface area contributed by atoms with Crippen molar-refractivity contribution in [3.05, 3.63) is 59.5 Å². The van der Waals surface area contributed by atoms with Crippen LogP contribution in [0.15, 0.2) is 52.2 Å². The van der Waals surface area contributed by atoms with Crippen LogP contribution in [0.2, 0.25) is 0 Å². The van der Waals surface area contributed by atoms with Crippen molar-refractivity contribution in [2.75, 3.05) is 0 Å². The summed E-state index contributed by atoms with van der Waals surface area (Å²) in [6.07, 6.45) is 1.90. The second-order valence-corrected chi connectivity index (χ2v) is 5.55. The van der Waals surface area contributed by atoms with Gasteiger partial charge in [-0.3, -0.25) is 4.79 Å². The van der Waals surface area contributed by atoms with Crippen molar-refractivity contribution in [2.24, 2.45) is 5.10 Å². The van der Waals surface area contributed by atoms with Crippen LogP contribution >= 0.6 is 0 Å². The highest BCUT2D eigenvalue weighted by atomic mass is 16.3. The second kappa shape index (κ2) is 5.56. The summed E-state index contributed by atoms with van der Waals surface area (Å²) in [5.74, 6) is 1.19. The van der Waals surface area contributed by atoms with Gasteiger partial charge in [-0.15, -0.1) is 0 Å². The van der Waals surface area contributed by atoms with Crippen molar-refractivity contribution in [1.29, 1.82) is 0 Å². The van der Waals surface area contributed by atoms with E-state index >= 15 is 0 Å². The van der Waals surface area contributed by atoms with Crippen molar-refractivity contribution >= 4 is 11.6 Å². The number of rotatable bonds is 4. The van der Waals surface area contributed by atoms with Crippen LogP contribution < -0.4 is 0 Å². The molecule has 1 aromatic carbocycles. The fraction of sp³-hybridized carbons (Fsp3) is 0.294. The van der Waals surface area contributed by atoms with E-state index in [1.165, 1.54) is 10.6 Å². The third kappa shape index (κ3) is 2.89. The molecule has 0 saturated heterocycles. The van der Waals surface area contributed by atoms with Crippen molar-refractivity contribution in [1.82, 2.24) is 5.01 Å². The van der Waals surface area contributed by atoms with E-state index in [1.807, 2.05) is 6.07 Å². The first kappa shape index (κ1) is 13.6. The summed E-state index contributed by atoms with van der Waals surface area (Å²) in [5.41, 5.74) is 3.08. The van der Waals surface area contributed by atoms with Gasteiger partial charge in [-0.1, -0.05) is 38.1 Å². The smallest absolute Gasteiger partial charge is 0.249 e. The van der Waals surface area contributed by atoms with Crippen molar-refractivity contribution in [3.8, 4) is 0 Å². The number of carbonyl (C=O) groups is 1. The lowest BCUT2D eigenvalue weighted by Gasteiger charge is -2.12. The van der Waals surface area contributed by atoms with Crippen LogP contribution in [-0.2, 0) is 11.3 Å². The Morgan fingerprint density at radius 2 is 2.00 bits per heavy atom. The predicted octanol–water partition coefficient (Wildman–Crippen LogP) is 3.54. The lowest BCUT2D eigenvalue weighted by Crippen LogP contribution is -2.20. The van der Waals surface area contributed by atoms with Gasteiger partial charge in [-0.25, -0.2) is 5.01 Å². The zero-order valence-electron chi connectivity index (χ0n) is 12.2. The SMILES string of the molecule is CC(C)c1ccc(CN2N=C(c3ccco3)CC2=O)cc1. The number of hydrogen-bond donors (Lipinski definition) is 0. The third-order valence-electron chi connectivity index (χ3n) is 3.63. The molecule has 3 rings (SSSR count). The van der Waals surface area contributed by atoms with E-state index in [1.54, 1.807) is 12.3 Å². The van der Waals surface area contributed by atoms with Crippen LogP contribution in [0.5, 0.6) is 0 Å². The molecule has 21 heavy (non-hydrogen) atoms. The van der Waals surface area contributed by atoms with Gasteiger partial charge >= 0.3 is 0 Å². The molecule has 0 N–H and O–H groups in total. The maximum Gasteiger partial charge on any atom is 0.249 e. The molecule has 0 radical (unpaired) electrons. The number of nitrogens with zero attached hydrogens (tertiary/aromatic N) is 2. The highest BCUT2D eigenvalue weighted by Crippen LogP contribution is 2.20. The molecule has 1 aliphatic heterocycles. The number of furan rings is 1. The van der Waals surface area contributed by atoms with Crippen LogP contribution in [0.1, 0.15) is 43.1 Å². The van der Waals surface area contributed by atoms with Crippen LogP contribution in [0.25, 0.3) is 0 Å². The largest absolute Gasteiger partial charge is 0.463 e. The number of amides is 1. The predicted molar refractivity (Wildman–Crippen MR) is 80.9 cm³/mol. The molecule has 2 heterocycles. The topological polar surface area (TPSA) is 45.8 Å². The average molecular weight is 282 g/mol. The molecule has 0 fully saturated rings. The van der Waals surface area contributed by atoms with Crippen molar-refractivity contribution in [3.63, 3.8) is 0 Å². The first-order valence-electron chi connectivity index (χ1n) is 7.14. The highest BCUT2D eigenvalue weighted by Gasteiger charge is 2.26. The maximum atomic E-state index is 12.0. The molecule has 1 aromatic heterocycles. The highest BCUT2D eigenvalue weighted by molar-refractivity contribution is 6.12. The van der Waals surface area contributed by atoms with Gasteiger partial charge < -0.3 is 4.42 Å². The van der Waals surface area contributed by atoms with E-state index in [0.29, 0.717) is 30.4 Å². The van der Waals surface area contributed by atoms with Crippen LogP contribution in [0.3, 0.4) is 0 Å². The molecule has 0 spiro atoms. The summed E-state index contributed by atoms with van der Waals surface area (Å²) in [6, 6.07) is 12.0. The zero-order chi connectivity index (χ0) is 14.8. The molecule has 0 saturated carbocycles. The second-order valence-electron chi connectivity index (χ2n) is 5.55. The molecule has 4 heteroatoms. The number of hydrogen-bond acceptors (Lipinski definition) is 3. The molecule has 4 nitrogen and oxygen atoms in total. The molecule has 0 bridgehead atoms. The van der Waals surface area contributed by atoms with E-state index < -0.39 is 0 Å². The van der Waals surface area contributed by atoms with Gasteiger partial charge in [-0.05, 0) is 29.2 Å². The van der Waals surface area contributed by atoms with Gasteiger partial charge in [0.2, 0.25) is 5.91 Å². The Bertz CT molecular complexity index is 655. The van der Waals surface area contributed by atoms with E-state index in [2.05, 4.69) is 43.2 Å². The van der Waals surface area contributed by atoms with Gasteiger partial charge in [-0.2, -0.15) is 5.10 Å². The quantitative estimate of drug-likeness (QED) is 0.861. The molecule has 108 valence electrons. The van der Waals surface area contributed by atoms with E-state index in [4.69, 9.17) is 4.42 Å². The summed E-state index contributed by atoms with van der Waals surface area (Å²) >= 11 is 0. The average Bonchev–Trinajstić information content (AvgIpc) is 3.10. The Balaban J connectivity index is 1.74. The normalized spacial score (nSPS) is 14.9. The Morgan fingerprint density at radius 1 is 1.24 bits per heavy atom. The van der Waals surface area contributed by atoms with Crippen LogP contribution in [0, 0.1) is 0 Å². The third-order valence-corrected chi connectivity index (χ3v) is 3.63. The van der Waals surface area contributed by atoms with Gasteiger partial charge in [0, 0.05) is 0 Å².